The average Bonchev–Trinajstić information content (AvgIpc) is 2.91. The number of carbonyl (C=O) groups is 2. The van der Waals surface area contributed by atoms with Gasteiger partial charge < -0.3 is 14.7 Å². The summed E-state index contributed by atoms with van der Waals surface area (Å²) in [5.41, 5.74) is 1.24. The molecule has 134 valence electrons. The van der Waals surface area contributed by atoms with Crippen molar-refractivity contribution in [2.75, 3.05) is 20.3 Å². The molecular weight excluding hydrogens is 400 g/mol. The second kappa shape index (κ2) is 7.80. The molecule has 3 rings (SSSR count). The van der Waals surface area contributed by atoms with E-state index >= 15 is 0 Å². The van der Waals surface area contributed by atoms with Crippen LogP contribution in [0.4, 0.5) is 0 Å². The van der Waals surface area contributed by atoms with Crippen molar-refractivity contribution in [1.82, 2.24) is 9.88 Å². The molecule has 0 aliphatic carbocycles. The van der Waals surface area contributed by atoms with E-state index in [9.17, 15) is 14.7 Å². The SMILES string of the molecule is COCCN1C(=O)C(=O)/C(=C(/O)c2ccncc2)C1c1ccc(Br)cc1. The van der Waals surface area contributed by atoms with Gasteiger partial charge in [-0.25, -0.2) is 0 Å². The van der Waals surface area contributed by atoms with Crippen molar-refractivity contribution in [3.8, 4) is 0 Å². The zero-order valence-electron chi connectivity index (χ0n) is 14.1. The van der Waals surface area contributed by atoms with Gasteiger partial charge in [-0.15, -0.1) is 0 Å². The zero-order chi connectivity index (χ0) is 18.7. The smallest absolute Gasteiger partial charge is 0.295 e. The molecule has 1 amide bonds. The van der Waals surface area contributed by atoms with Crippen molar-refractivity contribution in [2.24, 2.45) is 0 Å². The van der Waals surface area contributed by atoms with Gasteiger partial charge in [0.1, 0.15) is 5.76 Å². The first-order valence-electron chi connectivity index (χ1n) is 7.97. The molecule has 1 atom stereocenters. The fourth-order valence-corrected chi connectivity index (χ4v) is 3.22. The van der Waals surface area contributed by atoms with Crippen LogP contribution in [0, 0.1) is 0 Å². The van der Waals surface area contributed by atoms with Gasteiger partial charge in [-0.3, -0.25) is 14.6 Å². The van der Waals surface area contributed by atoms with Crippen LogP contribution < -0.4 is 0 Å². The molecule has 0 saturated carbocycles. The molecular formula is C19H17BrN2O4. The lowest BCUT2D eigenvalue weighted by Crippen LogP contribution is -2.32. The van der Waals surface area contributed by atoms with E-state index in [1.807, 2.05) is 24.3 Å². The minimum atomic E-state index is -0.705. The lowest BCUT2D eigenvalue weighted by atomic mass is 9.95. The summed E-state index contributed by atoms with van der Waals surface area (Å²) in [6.07, 6.45) is 3.04. The molecule has 1 N–H and O–H groups in total. The number of rotatable bonds is 5. The van der Waals surface area contributed by atoms with Crippen LogP contribution in [0.25, 0.3) is 5.76 Å². The molecule has 1 saturated heterocycles. The minimum absolute atomic E-state index is 0.0691. The molecule has 0 radical (unpaired) electrons. The van der Waals surface area contributed by atoms with Gasteiger partial charge in [-0.05, 0) is 29.8 Å². The largest absolute Gasteiger partial charge is 0.507 e. The van der Waals surface area contributed by atoms with Gasteiger partial charge in [0.15, 0.2) is 0 Å². The van der Waals surface area contributed by atoms with Crippen LogP contribution in [0.15, 0.2) is 58.8 Å². The Morgan fingerprint density at radius 2 is 1.85 bits per heavy atom. The molecule has 1 aromatic heterocycles. The number of amides is 1. The van der Waals surface area contributed by atoms with E-state index in [0.717, 1.165) is 10.0 Å². The molecule has 1 unspecified atom stereocenters. The third-order valence-corrected chi connectivity index (χ3v) is 4.74. The Morgan fingerprint density at radius 3 is 2.46 bits per heavy atom. The van der Waals surface area contributed by atoms with E-state index in [1.165, 1.54) is 24.4 Å². The zero-order valence-corrected chi connectivity index (χ0v) is 15.6. The van der Waals surface area contributed by atoms with Crippen molar-refractivity contribution < 1.29 is 19.4 Å². The van der Waals surface area contributed by atoms with Crippen LogP contribution in [0.1, 0.15) is 17.2 Å². The summed E-state index contributed by atoms with van der Waals surface area (Å²) >= 11 is 3.38. The van der Waals surface area contributed by atoms with Crippen LogP contribution in [-0.4, -0.2) is 46.9 Å². The summed E-state index contributed by atoms with van der Waals surface area (Å²) in [7, 11) is 1.53. The Morgan fingerprint density at radius 1 is 1.19 bits per heavy atom. The highest BCUT2D eigenvalue weighted by Gasteiger charge is 2.45. The number of benzene rings is 1. The van der Waals surface area contributed by atoms with Gasteiger partial charge in [-0.2, -0.15) is 0 Å². The van der Waals surface area contributed by atoms with Crippen LogP contribution in [0.3, 0.4) is 0 Å². The Hall–Kier alpha value is -2.51. The van der Waals surface area contributed by atoms with E-state index in [2.05, 4.69) is 20.9 Å². The van der Waals surface area contributed by atoms with E-state index < -0.39 is 17.7 Å². The fraction of sp³-hybridized carbons (Fsp3) is 0.211. The number of aliphatic hydroxyl groups is 1. The Kier molecular flexibility index (Phi) is 5.49. The molecule has 1 aliphatic heterocycles. The van der Waals surface area contributed by atoms with Gasteiger partial charge in [0.05, 0.1) is 18.2 Å². The lowest BCUT2D eigenvalue weighted by Gasteiger charge is -2.25. The second-order valence-electron chi connectivity index (χ2n) is 5.77. The molecule has 2 heterocycles. The number of aromatic nitrogens is 1. The van der Waals surface area contributed by atoms with E-state index in [0.29, 0.717) is 5.56 Å². The number of pyridine rings is 1. The topological polar surface area (TPSA) is 79.7 Å². The third-order valence-electron chi connectivity index (χ3n) is 4.22. The van der Waals surface area contributed by atoms with Crippen molar-refractivity contribution in [3.05, 3.63) is 70.0 Å². The van der Waals surface area contributed by atoms with Crippen molar-refractivity contribution in [2.45, 2.75) is 6.04 Å². The highest BCUT2D eigenvalue weighted by Crippen LogP contribution is 2.39. The van der Waals surface area contributed by atoms with Crippen LogP contribution in [0.2, 0.25) is 0 Å². The molecule has 6 nitrogen and oxygen atoms in total. The van der Waals surface area contributed by atoms with Gasteiger partial charge in [0, 0.05) is 36.1 Å². The highest BCUT2D eigenvalue weighted by molar-refractivity contribution is 9.10. The number of hydrogen-bond acceptors (Lipinski definition) is 5. The molecule has 1 aliphatic rings. The van der Waals surface area contributed by atoms with E-state index in [1.54, 1.807) is 12.1 Å². The second-order valence-corrected chi connectivity index (χ2v) is 6.69. The van der Waals surface area contributed by atoms with Crippen molar-refractivity contribution >= 4 is 33.4 Å². The summed E-state index contributed by atoms with van der Waals surface area (Å²) < 4.78 is 5.95. The standard InChI is InChI=1S/C19H17BrN2O4/c1-26-11-10-22-16(12-2-4-14(20)5-3-12)15(18(24)19(22)25)17(23)13-6-8-21-9-7-13/h2-9,16,23H,10-11H2,1H3/b17-15+. The summed E-state index contributed by atoms with van der Waals surface area (Å²) in [4.78, 5) is 30.6. The number of carbonyl (C=O) groups excluding carboxylic acids is 2. The van der Waals surface area contributed by atoms with Gasteiger partial charge in [-0.1, -0.05) is 28.1 Å². The number of halogens is 1. The Balaban J connectivity index is 2.15. The number of methoxy groups -OCH3 is 1. The van der Waals surface area contributed by atoms with Gasteiger partial charge >= 0.3 is 0 Å². The number of aliphatic hydroxyl groups excluding tert-OH is 1. The lowest BCUT2D eigenvalue weighted by molar-refractivity contribution is -0.140. The van der Waals surface area contributed by atoms with Crippen LogP contribution in [-0.2, 0) is 14.3 Å². The monoisotopic (exact) mass is 416 g/mol. The summed E-state index contributed by atoms with van der Waals surface area (Å²) in [6, 6.07) is 9.82. The first kappa shape index (κ1) is 18.3. The number of ketones is 1. The predicted octanol–water partition coefficient (Wildman–Crippen LogP) is 2.91. The quantitative estimate of drug-likeness (QED) is 0.460. The summed E-state index contributed by atoms with van der Waals surface area (Å²) in [5.74, 6) is -1.56. The van der Waals surface area contributed by atoms with Crippen LogP contribution in [0.5, 0.6) is 0 Å². The number of likely N-dealkylation sites (tertiary alicyclic amines) is 1. The molecule has 26 heavy (non-hydrogen) atoms. The highest BCUT2D eigenvalue weighted by atomic mass is 79.9. The molecule has 2 aromatic rings. The molecule has 1 aromatic carbocycles. The summed E-state index contributed by atoms with van der Waals surface area (Å²) in [6.45, 7) is 0.532. The summed E-state index contributed by atoms with van der Waals surface area (Å²) in [5, 5.41) is 10.7. The average molecular weight is 417 g/mol. The Labute approximate surface area is 159 Å². The van der Waals surface area contributed by atoms with Gasteiger partial charge in [0.25, 0.3) is 11.7 Å². The fourth-order valence-electron chi connectivity index (χ4n) is 2.96. The van der Waals surface area contributed by atoms with E-state index in [4.69, 9.17) is 4.74 Å². The number of nitrogens with zero attached hydrogens (tertiary/aromatic N) is 2. The molecule has 1 fully saturated rings. The first-order chi connectivity index (χ1) is 12.5. The molecule has 0 spiro atoms. The first-order valence-corrected chi connectivity index (χ1v) is 8.77. The predicted molar refractivity (Wildman–Crippen MR) is 99.3 cm³/mol. The minimum Gasteiger partial charge on any atom is -0.507 e. The van der Waals surface area contributed by atoms with Gasteiger partial charge in [0.2, 0.25) is 0 Å². The molecule has 7 heteroatoms. The number of ether oxygens (including phenoxy) is 1. The maximum Gasteiger partial charge on any atom is 0.295 e. The Bertz CT molecular complexity index is 850. The molecule has 0 bridgehead atoms. The van der Waals surface area contributed by atoms with Crippen LogP contribution >= 0.6 is 15.9 Å². The van der Waals surface area contributed by atoms with Crippen molar-refractivity contribution in [3.63, 3.8) is 0 Å². The number of Topliss-reactive ketones (excluding diaryl/α,β-unsaturated/α-hetero) is 1. The maximum atomic E-state index is 12.7. The maximum absolute atomic E-state index is 12.7. The normalized spacial score (nSPS) is 19.2. The third kappa shape index (κ3) is 3.40. The van der Waals surface area contributed by atoms with Crippen molar-refractivity contribution in [1.29, 1.82) is 0 Å². The van der Waals surface area contributed by atoms with E-state index in [-0.39, 0.29) is 24.5 Å². The number of hydrogen-bond donors (Lipinski definition) is 1.